The van der Waals surface area contributed by atoms with Crippen LogP contribution in [0.15, 0.2) is 53.4 Å². The molecule has 10 heteroatoms. The van der Waals surface area contributed by atoms with E-state index in [0.717, 1.165) is 0 Å². The van der Waals surface area contributed by atoms with Crippen LogP contribution in [0.4, 0.5) is 11.4 Å². The second-order valence-electron chi connectivity index (χ2n) is 7.35. The molecule has 0 saturated carbocycles. The maximum Gasteiger partial charge on any atom is 0.310 e. The van der Waals surface area contributed by atoms with Gasteiger partial charge in [-0.2, -0.15) is 0 Å². The van der Waals surface area contributed by atoms with Crippen LogP contribution in [0, 0.1) is 10.1 Å². The van der Waals surface area contributed by atoms with Gasteiger partial charge in [-0.3, -0.25) is 14.9 Å². The first kappa shape index (κ1) is 22.3. The molecule has 156 valence electrons. The molecule has 2 N–H and O–H groups in total. The molecule has 0 spiro atoms. The van der Waals surface area contributed by atoms with E-state index in [1.165, 1.54) is 49.4 Å². The third-order valence-electron chi connectivity index (χ3n) is 3.61. The largest absolute Gasteiger partial charge is 0.474 e. The molecule has 0 aliphatic rings. The highest BCUT2D eigenvalue weighted by Crippen LogP contribution is 2.27. The third-order valence-corrected chi connectivity index (χ3v) is 5.38. The summed E-state index contributed by atoms with van der Waals surface area (Å²) in [6, 6.07) is 11.4. The normalized spacial score (nSPS) is 12.8. The molecule has 9 nitrogen and oxygen atoms in total. The van der Waals surface area contributed by atoms with Gasteiger partial charge in [0.1, 0.15) is 0 Å². The number of nitrogens with one attached hydrogen (secondary N) is 2. The van der Waals surface area contributed by atoms with Gasteiger partial charge in [0.2, 0.25) is 10.0 Å². The number of amides is 1. The van der Waals surface area contributed by atoms with Crippen molar-refractivity contribution >= 4 is 27.3 Å². The van der Waals surface area contributed by atoms with Crippen LogP contribution >= 0.6 is 0 Å². The van der Waals surface area contributed by atoms with Gasteiger partial charge < -0.3 is 10.1 Å². The molecule has 2 aromatic carbocycles. The van der Waals surface area contributed by atoms with Crippen molar-refractivity contribution in [3.8, 4) is 5.75 Å². The standard InChI is InChI=1S/C19H23N3O6S/c1-13(28-17-8-6-5-7-16(17)22(24)25)18(23)20-14-9-11-15(12-10-14)29(26,27)21-19(2,3)4/h5-13,21H,1-4H3,(H,20,23)/t13-/m0/s1. The highest BCUT2D eigenvalue weighted by atomic mass is 32.2. The molecule has 0 saturated heterocycles. The van der Waals surface area contributed by atoms with Gasteiger partial charge in [0.15, 0.2) is 11.9 Å². The topological polar surface area (TPSA) is 128 Å². The molecule has 0 unspecified atom stereocenters. The lowest BCUT2D eigenvalue weighted by Crippen LogP contribution is -2.40. The molecule has 1 atom stereocenters. The Hall–Kier alpha value is -2.98. The summed E-state index contributed by atoms with van der Waals surface area (Å²) in [4.78, 5) is 22.8. The zero-order valence-corrected chi connectivity index (χ0v) is 17.3. The molecule has 0 bridgehead atoms. The number of rotatable bonds is 7. The van der Waals surface area contributed by atoms with E-state index in [-0.39, 0.29) is 16.3 Å². The zero-order chi connectivity index (χ0) is 21.8. The summed E-state index contributed by atoms with van der Waals surface area (Å²) in [6.07, 6.45) is -1.01. The van der Waals surface area contributed by atoms with Crippen LogP contribution in [0.1, 0.15) is 27.7 Å². The zero-order valence-electron chi connectivity index (χ0n) is 16.5. The van der Waals surface area contributed by atoms with E-state index in [1.54, 1.807) is 26.8 Å². The Bertz CT molecular complexity index is 997. The van der Waals surface area contributed by atoms with Crippen LogP contribution in [0.3, 0.4) is 0 Å². The van der Waals surface area contributed by atoms with Gasteiger partial charge in [-0.25, -0.2) is 13.1 Å². The molecule has 2 rings (SSSR count). The van der Waals surface area contributed by atoms with Crippen molar-refractivity contribution in [2.75, 3.05) is 5.32 Å². The summed E-state index contributed by atoms with van der Waals surface area (Å²) in [5.41, 5.74) is -0.505. The number of nitro groups is 1. The highest BCUT2D eigenvalue weighted by Gasteiger charge is 2.23. The van der Waals surface area contributed by atoms with Crippen molar-refractivity contribution in [1.29, 1.82) is 0 Å². The minimum atomic E-state index is -3.68. The second kappa shape index (κ2) is 8.58. The molecule has 2 aromatic rings. The average Bonchev–Trinajstić information content (AvgIpc) is 2.60. The number of nitrogens with zero attached hydrogens (tertiary/aromatic N) is 1. The highest BCUT2D eigenvalue weighted by molar-refractivity contribution is 7.89. The number of hydrogen-bond donors (Lipinski definition) is 2. The van der Waals surface area contributed by atoms with Crippen molar-refractivity contribution in [1.82, 2.24) is 4.72 Å². The Balaban J connectivity index is 2.07. The number of ether oxygens (including phenoxy) is 1. The fraction of sp³-hybridized carbons (Fsp3) is 0.316. The van der Waals surface area contributed by atoms with E-state index < -0.39 is 32.5 Å². The van der Waals surface area contributed by atoms with Gasteiger partial charge in [-0.05, 0) is 58.0 Å². The number of nitro benzene ring substituents is 1. The van der Waals surface area contributed by atoms with Crippen LogP contribution in [-0.2, 0) is 14.8 Å². The average molecular weight is 421 g/mol. The Labute approximate surface area is 169 Å². The summed E-state index contributed by atoms with van der Waals surface area (Å²) >= 11 is 0. The van der Waals surface area contributed by atoms with Crippen LogP contribution < -0.4 is 14.8 Å². The predicted octanol–water partition coefficient (Wildman–Crippen LogP) is 3.08. The first-order chi connectivity index (χ1) is 13.4. The summed E-state index contributed by atoms with van der Waals surface area (Å²) in [5, 5.41) is 13.6. The van der Waals surface area contributed by atoms with Crippen LogP contribution in [-0.4, -0.2) is 30.9 Å². The van der Waals surface area contributed by atoms with Gasteiger partial charge in [-0.15, -0.1) is 0 Å². The molecule has 0 radical (unpaired) electrons. The van der Waals surface area contributed by atoms with Gasteiger partial charge in [-0.1, -0.05) is 12.1 Å². The Morgan fingerprint density at radius 2 is 1.69 bits per heavy atom. The number of carbonyl (C=O) groups is 1. The van der Waals surface area contributed by atoms with Crippen molar-refractivity contribution in [2.45, 2.75) is 44.2 Å². The monoisotopic (exact) mass is 421 g/mol. The van der Waals surface area contributed by atoms with E-state index in [4.69, 9.17) is 4.74 Å². The maximum atomic E-state index is 12.3. The first-order valence-electron chi connectivity index (χ1n) is 8.74. The first-order valence-corrected chi connectivity index (χ1v) is 10.2. The number of anilines is 1. The molecule has 0 aliphatic heterocycles. The number of hydrogen-bond acceptors (Lipinski definition) is 6. The molecular weight excluding hydrogens is 398 g/mol. The van der Waals surface area contributed by atoms with Crippen molar-refractivity contribution < 1.29 is 22.9 Å². The number of carbonyl (C=O) groups excluding carboxylic acids is 1. The molecule has 0 aromatic heterocycles. The fourth-order valence-corrected chi connectivity index (χ4v) is 3.79. The molecule has 1 amide bonds. The van der Waals surface area contributed by atoms with Crippen molar-refractivity contribution in [2.24, 2.45) is 0 Å². The van der Waals surface area contributed by atoms with E-state index in [0.29, 0.717) is 5.69 Å². The lowest BCUT2D eigenvalue weighted by atomic mass is 10.1. The smallest absolute Gasteiger partial charge is 0.310 e. The van der Waals surface area contributed by atoms with Gasteiger partial charge >= 0.3 is 5.69 Å². The van der Waals surface area contributed by atoms with Gasteiger partial charge in [0.05, 0.1) is 9.82 Å². The molecule has 0 aliphatic carbocycles. The van der Waals surface area contributed by atoms with E-state index in [1.807, 2.05) is 0 Å². The fourth-order valence-electron chi connectivity index (χ4n) is 2.37. The van der Waals surface area contributed by atoms with Crippen LogP contribution in [0.25, 0.3) is 0 Å². The predicted molar refractivity (Wildman–Crippen MR) is 108 cm³/mol. The molecule has 0 heterocycles. The van der Waals surface area contributed by atoms with Crippen molar-refractivity contribution in [3.63, 3.8) is 0 Å². The van der Waals surface area contributed by atoms with Gasteiger partial charge in [0, 0.05) is 17.3 Å². The number of sulfonamides is 1. The van der Waals surface area contributed by atoms with Crippen molar-refractivity contribution in [3.05, 3.63) is 58.6 Å². The van der Waals surface area contributed by atoms with Crippen LogP contribution in [0.5, 0.6) is 5.75 Å². The lowest BCUT2D eigenvalue weighted by molar-refractivity contribution is -0.386. The number of benzene rings is 2. The quantitative estimate of drug-likeness (QED) is 0.522. The molecule has 29 heavy (non-hydrogen) atoms. The van der Waals surface area contributed by atoms with Crippen LogP contribution in [0.2, 0.25) is 0 Å². The summed E-state index contributed by atoms with van der Waals surface area (Å²) in [5.74, 6) is -0.554. The minimum Gasteiger partial charge on any atom is -0.474 e. The summed E-state index contributed by atoms with van der Waals surface area (Å²) < 4.78 is 32.6. The summed E-state index contributed by atoms with van der Waals surface area (Å²) in [7, 11) is -3.68. The second-order valence-corrected chi connectivity index (χ2v) is 9.04. The SMILES string of the molecule is C[C@H](Oc1ccccc1[N+](=O)[O-])C(=O)Nc1ccc(S(=O)(=O)NC(C)(C)C)cc1. The Morgan fingerprint density at radius 3 is 2.24 bits per heavy atom. The molecule has 0 fully saturated rings. The summed E-state index contributed by atoms with van der Waals surface area (Å²) in [6.45, 7) is 6.66. The van der Waals surface area contributed by atoms with E-state index in [2.05, 4.69) is 10.0 Å². The van der Waals surface area contributed by atoms with Gasteiger partial charge in [0.25, 0.3) is 5.91 Å². The third kappa shape index (κ3) is 6.26. The Morgan fingerprint density at radius 1 is 1.10 bits per heavy atom. The van der Waals surface area contributed by atoms with E-state index >= 15 is 0 Å². The van der Waals surface area contributed by atoms with E-state index in [9.17, 15) is 23.3 Å². The maximum absolute atomic E-state index is 12.3. The molecular formula is C19H23N3O6S. The lowest BCUT2D eigenvalue weighted by Gasteiger charge is -2.20. The number of para-hydroxylation sites is 2. The minimum absolute atomic E-state index is 0.0187. The Kier molecular flexibility index (Phi) is 6.60.